The zero-order valence-corrected chi connectivity index (χ0v) is 7.09. The molecule has 1 aromatic heterocycles. The minimum absolute atomic E-state index is 0.938. The number of allylic oxidation sites excluding steroid dienone is 1. The third-order valence-electron chi connectivity index (χ3n) is 1.48. The fraction of sp³-hybridized carbons (Fsp3) is 0.300. The van der Waals surface area contributed by atoms with Crippen molar-refractivity contribution in [2.24, 2.45) is 0 Å². The molecule has 0 atom stereocenters. The lowest BCUT2D eigenvalue weighted by Crippen LogP contribution is -1.87. The largest absolute Gasteiger partial charge is 0.261 e. The molecule has 1 rings (SSSR count). The summed E-state index contributed by atoms with van der Waals surface area (Å²) < 4.78 is 0. The predicted molar refractivity (Wildman–Crippen MR) is 47.5 cm³/mol. The molecule has 0 fully saturated rings. The molecule has 0 spiro atoms. The molecule has 0 aliphatic heterocycles. The second-order valence-electron chi connectivity index (χ2n) is 2.94. The van der Waals surface area contributed by atoms with E-state index in [0.717, 1.165) is 12.1 Å². The van der Waals surface area contributed by atoms with Crippen LogP contribution in [-0.4, -0.2) is 4.98 Å². The molecule has 1 aromatic rings. The Kier molecular flexibility index (Phi) is 2.42. The summed E-state index contributed by atoms with van der Waals surface area (Å²) in [7, 11) is 0. The van der Waals surface area contributed by atoms with E-state index in [1.807, 2.05) is 26.1 Å². The SMILES string of the molecule is C=C(C)Cc1ccc(C)nc1. The van der Waals surface area contributed by atoms with Gasteiger partial charge in [0.2, 0.25) is 0 Å². The first kappa shape index (κ1) is 7.99. The van der Waals surface area contributed by atoms with Crippen LogP contribution in [0.2, 0.25) is 0 Å². The van der Waals surface area contributed by atoms with Crippen LogP contribution in [0.1, 0.15) is 18.2 Å². The average Bonchev–Trinajstić information content (AvgIpc) is 1.93. The fourth-order valence-electron chi connectivity index (χ4n) is 0.951. The predicted octanol–water partition coefficient (Wildman–Crippen LogP) is 2.51. The molecule has 0 aliphatic carbocycles. The van der Waals surface area contributed by atoms with Crippen molar-refractivity contribution in [2.75, 3.05) is 0 Å². The lowest BCUT2D eigenvalue weighted by atomic mass is 10.1. The smallest absolute Gasteiger partial charge is 0.0372 e. The molecule has 0 radical (unpaired) electrons. The van der Waals surface area contributed by atoms with E-state index >= 15 is 0 Å². The van der Waals surface area contributed by atoms with Crippen LogP contribution in [0.4, 0.5) is 0 Å². The van der Waals surface area contributed by atoms with Gasteiger partial charge in [0.05, 0.1) is 0 Å². The molecule has 1 heterocycles. The molecule has 58 valence electrons. The number of hydrogen-bond donors (Lipinski definition) is 0. The van der Waals surface area contributed by atoms with Crippen LogP contribution in [0.15, 0.2) is 30.5 Å². The van der Waals surface area contributed by atoms with Gasteiger partial charge in [-0.05, 0) is 31.9 Å². The molecule has 0 bridgehead atoms. The third-order valence-corrected chi connectivity index (χ3v) is 1.48. The Balaban J connectivity index is 2.74. The van der Waals surface area contributed by atoms with Gasteiger partial charge in [-0.2, -0.15) is 0 Å². The number of aryl methyl sites for hydroxylation is 1. The van der Waals surface area contributed by atoms with Gasteiger partial charge in [-0.15, -0.1) is 0 Å². The van der Waals surface area contributed by atoms with Gasteiger partial charge < -0.3 is 0 Å². The Morgan fingerprint density at radius 3 is 2.73 bits per heavy atom. The van der Waals surface area contributed by atoms with Crippen LogP contribution < -0.4 is 0 Å². The van der Waals surface area contributed by atoms with Gasteiger partial charge in [-0.3, -0.25) is 4.98 Å². The maximum absolute atomic E-state index is 4.19. The number of hydrogen-bond acceptors (Lipinski definition) is 1. The molecule has 0 aliphatic rings. The van der Waals surface area contributed by atoms with Crippen molar-refractivity contribution in [1.82, 2.24) is 4.98 Å². The summed E-state index contributed by atoms with van der Waals surface area (Å²) in [5.41, 5.74) is 3.48. The quantitative estimate of drug-likeness (QED) is 0.586. The zero-order valence-electron chi connectivity index (χ0n) is 7.09. The number of aromatic nitrogens is 1. The zero-order chi connectivity index (χ0) is 8.27. The molecular formula is C10H13N. The summed E-state index contributed by atoms with van der Waals surface area (Å²) in [6, 6.07) is 4.12. The van der Waals surface area contributed by atoms with Gasteiger partial charge >= 0.3 is 0 Å². The van der Waals surface area contributed by atoms with Crippen molar-refractivity contribution in [3.05, 3.63) is 41.7 Å². The van der Waals surface area contributed by atoms with Crippen LogP contribution >= 0.6 is 0 Å². The van der Waals surface area contributed by atoms with E-state index in [-0.39, 0.29) is 0 Å². The monoisotopic (exact) mass is 147 g/mol. The molecule has 11 heavy (non-hydrogen) atoms. The van der Waals surface area contributed by atoms with E-state index in [2.05, 4.69) is 17.6 Å². The molecule has 0 N–H and O–H groups in total. The molecule has 0 saturated carbocycles. The van der Waals surface area contributed by atoms with Gasteiger partial charge in [0, 0.05) is 11.9 Å². The minimum Gasteiger partial charge on any atom is -0.261 e. The average molecular weight is 147 g/mol. The van der Waals surface area contributed by atoms with Crippen LogP contribution in [0.3, 0.4) is 0 Å². The van der Waals surface area contributed by atoms with E-state index in [4.69, 9.17) is 0 Å². The van der Waals surface area contributed by atoms with Gasteiger partial charge in [-0.25, -0.2) is 0 Å². The van der Waals surface area contributed by atoms with E-state index in [0.29, 0.717) is 0 Å². The first-order valence-electron chi connectivity index (χ1n) is 3.74. The number of pyridine rings is 1. The molecule has 0 unspecified atom stereocenters. The van der Waals surface area contributed by atoms with Crippen LogP contribution in [-0.2, 0) is 6.42 Å². The number of rotatable bonds is 2. The Labute approximate surface area is 67.8 Å². The van der Waals surface area contributed by atoms with E-state index in [1.165, 1.54) is 11.1 Å². The van der Waals surface area contributed by atoms with Crippen molar-refractivity contribution in [3.63, 3.8) is 0 Å². The van der Waals surface area contributed by atoms with Crippen LogP contribution in [0.25, 0.3) is 0 Å². The summed E-state index contributed by atoms with van der Waals surface area (Å²) in [5, 5.41) is 0. The van der Waals surface area contributed by atoms with Crippen LogP contribution in [0, 0.1) is 6.92 Å². The Morgan fingerprint density at radius 1 is 1.55 bits per heavy atom. The highest BCUT2D eigenvalue weighted by Gasteiger charge is 1.92. The molecular weight excluding hydrogens is 134 g/mol. The maximum atomic E-state index is 4.19. The highest BCUT2D eigenvalue weighted by atomic mass is 14.6. The highest BCUT2D eigenvalue weighted by molar-refractivity contribution is 5.17. The Morgan fingerprint density at radius 2 is 2.27 bits per heavy atom. The lowest BCUT2D eigenvalue weighted by molar-refractivity contribution is 1.09. The Hall–Kier alpha value is -1.11. The molecule has 0 aromatic carbocycles. The van der Waals surface area contributed by atoms with Gasteiger partial charge in [0.25, 0.3) is 0 Å². The standard InChI is InChI=1S/C10H13N/c1-8(2)6-10-5-4-9(3)11-7-10/h4-5,7H,1,6H2,2-3H3. The topological polar surface area (TPSA) is 12.9 Å². The Bertz CT molecular complexity index is 246. The van der Waals surface area contributed by atoms with Gasteiger partial charge in [0.1, 0.15) is 0 Å². The molecule has 0 amide bonds. The highest BCUT2D eigenvalue weighted by Crippen LogP contribution is 2.04. The molecule has 1 nitrogen and oxygen atoms in total. The van der Waals surface area contributed by atoms with Crippen LogP contribution in [0.5, 0.6) is 0 Å². The van der Waals surface area contributed by atoms with Crippen molar-refractivity contribution >= 4 is 0 Å². The second kappa shape index (κ2) is 3.33. The molecule has 0 saturated heterocycles. The van der Waals surface area contributed by atoms with Crippen molar-refractivity contribution < 1.29 is 0 Å². The first-order valence-corrected chi connectivity index (χ1v) is 3.74. The van der Waals surface area contributed by atoms with Gasteiger partial charge in [-0.1, -0.05) is 18.2 Å². The second-order valence-corrected chi connectivity index (χ2v) is 2.94. The maximum Gasteiger partial charge on any atom is 0.0372 e. The summed E-state index contributed by atoms with van der Waals surface area (Å²) in [6.07, 6.45) is 2.84. The summed E-state index contributed by atoms with van der Waals surface area (Å²) in [4.78, 5) is 4.19. The normalized spacial score (nSPS) is 9.64. The first-order chi connectivity index (χ1) is 5.18. The van der Waals surface area contributed by atoms with E-state index in [9.17, 15) is 0 Å². The van der Waals surface area contributed by atoms with E-state index in [1.54, 1.807) is 0 Å². The van der Waals surface area contributed by atoms with Gasteiger partial charge in [0.15, 0.2) is 0 Å². The van der Waals surface area contributed by atoms with Crippen molar-refractivity contribution in [1.29, 1.82) is 0 Å². The summed E-state index contributed by atoms with van der Waals surface area (Å²) >= 11 is 0. The third kappa shape index (κ3) is 2.54. The van der Waals surface area contributed by atoms with Crippen molar-refractivity contribution in [2.45, 2.75) is 20.3 Å². The summed E-state index contributed by atoms with van der Waals surface area (Å²) in [5.74, 6) is 0. The fourth-order valence-corrected chi connectivity index (χ4v) is 0.951. The summed E-state index contributed by atoms with van der Waals surface area (Å²) in [6.45, 7) is 7.86. The van der Waals surface area contributed by atoms with E-state index < -0.39 is 0 Å². The van der Waals surface area contributed by atoms with Crippen molar-refractivity contribution in [3.8, 4) is 0 Å². The number of nitrogens with zero attached hydrogens (tertiary/aromatic N) is 1. The minimum atomic E-state index is 0.938. The molecule has 1 heteroatoms. The lowest BCUT2D eigenvalue weighted by Gasteiger charge is -1.99.